The third-order valence-electron chi connectivity index (χ3n) is 3.56. The maximum absolute atomic E-state index is 12.3. The van der Waals surface area contributed by atoms with Crippen molar-refractivity contribution in [3.05, 3.63) is 17.0 Å². The van der Waals surface area contributed by atoms with Crippen molar-refractivity contribution in [2.75, 3.05) is 13.1 Å². The second-order valence-corrected chi connectivity index (χ2v) is 8.43. The van der Waals surface area contributed by atoms with Crippen LogP contribution in [0.5, 0.6) is 0 Å². The summed E-state index contributed by atoms with van der Waals surface area (Å²) in [6.45, 7) is 8.47. The molecule has 1 aromatic heterocycles. The highest BCUT2D eigenvalue weighted by molar-refractivity contribution is 7.91. The Kier molecular flexibility index (Phi) is 8.48. The van der Waals surface area contributed by atoms with Gasteiger partial charge in [-0.2, -0.15) is 0 Å². The monoisotopic (exact) mass is 332 g/mol. The number of hydrogen-bond donors (Lipinski definition) is 2. The van der Waals surface area contributed by atoms with E-state index in [1.807, 2.05) is 13.0 Å². The summed E-state index contributed by atoms with van der Waals surface area (Å²) in [4.78, 5) is 1.05. The first-order valence-corrected chi connectivity index (χ1v) is 10.1. The minimum Gasteiger partial charge on any atom is -0.312 e. The van der Waals surface area contributed by atoms with Crippen LogP contribution in [0.2, 0.25) is 0 Å². The van der Waals surface area contributed by atoms with Gasteiger partial charge in [0.25, 0.3) is 0 Å². The van der Waals surface area contributed by atoms with E-state index in [9.17, 15) is 8.42 Å². The van der Waals surface area contributed by atoms with Gasteiger partial charge in [0, 0.05) is 18.0 Å². The maximum Gasteiger partial charge on any atom is 0.250 e. The van der Waals surface area contributed by atoms with Crippen molar-refractivity contribution in [1.82, 2.24) is 10.0 Å². The molecule has 0 radical (unpaired) electrons. The third-order valence-corrected chi connectivity index (χ3v) is 6.56. The van der Waals surface area contributed by atoms with E-state index >= 15 is 0 Å². The molecule has 122 valence electrons. The van der Waals surface area contributed by atoms with Crippen molar-refractivity contribution in [1.29, 1.82) is 0 Å². The molecule has 0 bridgehead atoms. The normalized spacial score (nSPS) is 13.5. The summed E-state index contributed by atoms with van der Waals surface area (Å²) in [5, 5.41) is 3.21. The largest absolute Gasteiger partial charge is 0.312 e. The molecule has 1 aromatic rings. The number of thiophene rings is 1. The highest BCUT2D eigenvalue weighted by Crippen LogP contribution is 2.22. The molecule has 0 saturated carbocycles. The Labute approximate surface area is 133 Å². The molecule has 0 spiro atoms. The van der Waals surface area contributed by atoms with Crippen molar-refractivity contribution < 1.29 is 8.42 Å². The topological polar surface area (TPSA) is 58.2 Å². The van der Waals surface area contributed by atoms with Crippen LogP contribution < -0.4 is 10.0 Å². The predicted octanol–water partition coefficient (Wildman–Crippen LogP) is 3.35. The van der Waals surface area contributed by atoms with Gasteiger partial charge < -0.3 is 5.32 Å². The smallest absolute Gasteiger partial charge is 0.250 e. The molecule has 1 rings (SSSR count). The van der Waals surface area contributed by atoms with Crippen LogP contribution in [0.4, 0.5) is 0 Å². The first-order chi connectivity index (χ1) is 10.0. The quantitative estimate of drug-likeness (QED) is 0.653. The van der Waals surface area contributed by atoms with Crippen LogP contribution in [-0.4, -0.2) is 21.5 Å². The lowest BCUT2D eigenvalue weighted by molar-refractivity contribution is 0.444. The van der Waals surface area contributed by atoms with Gasteiger partial charge in [0.15, 0.2) is 0 Å². The number of nitrogens with one attached hydrogen (secondary N) is 2. The van der Waals surface area contributed by atoms with Crippen molar-refractivity contribution in [2.45, 2.75) is 57.2 Å². The molecular weight excluding hydrogens is 304 g/mol. The van der Waals surface area contributed by atoms with E-state index in [1.165, 1.54) is 11.3 Å². The van der Waals surface area contributed by atoms with Crippen LogP contribution in [-0.2, 0) is 16.6 Å². The summed E-state index contributed by atoms with van der Waals surface area (Å²) >= 11 is 1.34. The van der Waals surface area contributed by atoms with Crippen molar-refractivity contribution in [3.8, 4) is 0 Å². The van der Waals surface area contributed by atoms with Gasteiger partial charge >= 0.3 is 0 Å². The molecule has 0 aliphatic heterocycles. The highest BCUT2D eigenvalue weighted by atomic mass is 32.2. The van der Waals surface area contributed by atoms with Gasteiger partial charge in [-0.1, -0.05) is 40.0 Å². The Morgan fingerprint density at radius 3 is 2.62 bits per heavy atom. The lowest BCUT2D eigenvalue weighted by atomic mass is 10.00. The van der Waals surface area contributed by atoms with Gasteiger partial charge in [-0.3, -0.25) is 0 Å². The summed E-state index contributed by atoms with van der Waals surface area (Å²) in [6, 6.07) is 3.59. The molecular formula is C15H28N2O2S2. The van der Waals surface area contributed by atoms with Gasteiger partial charge in [-0.25, -0.2) is 13.1 Å². The van der Waals surface area contributed by atoms with E-state index in [1.54, 1.807) is 6.07 Å². The molecule has 1 unspecified atom stereocenters. The summed E-state index contributed by atoms with van der Waals surface area (Å²) < 4.78 is 27.8. The Morgan fingerprint density at radius 1 is 1.24 bits per heavy atom. The van der Waals surface area contributed by atoms with Gasteiger partial charge in [0.2, 0.25) is 10.0 Å². The second kappa shape index (κ2) is 9.56. The summed E-state index contributed by atoms with van der Waals surface area (Å²) in [7, 11) is -3.35. The Balaban J connectivity index is 2.57. The molecule has 0 aliphatic carbocycles. The van der Waals surface area contributed by atoms with E-state index < -0.39 is 10.0 Å². The summed E-state index contributed by atoms with van der Waals surface area (Å²) in [5.41, 5.74) is 0. The number of unbranched alkanes of at least 4 members (excludes halogenated alkanes) is 1. The zero-order valence-electron chi connectivity index (χ0n) is 13.3. The molecule has 1 atom stereocenters. The average molecular weight is 333 g/mol. The van der Waals surface area contributed by atoms with Crippen LogP contribution in [0.15, 0.2) is 16.3 Å². The fraction of sp³-hybridized carbons (Fsp3) is 0.733. The molecule has 6 heteroatoms. The molecule has 0 fully saturated rings. The molecule has 0 aliphatic rings. The number of sulfonamides is 1. The van der Waals surface area contributed by atoms with Crippen LogP contribution in [0.3, 0.4) is 0 Å². The summed E-state index contributed by atoms with van der Waals surface area (Å²) in [5.74, 6) is 0.431. The van der Waals surface area contributed by atoms with Crippen molar-refractivity contribution >= 4 is 21.4 Å². The van der Waals surface area contributed by atoms with E-state index in [2.05, 4.69) is 23.9 Å². The fourth-order valence-electron chi connectivity index (χ4n) is 2.09. The molecule has 0 saturated heterocycles. The van der Waals surface area contributed by atoms with E-state index in [0.717, 1.165) is 43.6 Å². The zero-order chi connectivity index (χ0) is 15.7. The first-order valence-electron chi connectivity index (χ1n) is 7.82. The minimum atomic E-state index is -3.35. The van der Waals surface area contributed by atoms with Crippen LogP contribution in [0, 0.1) is 5.92 Å². The van der Waals surface area contributed by atoms with E-state index in [4.69, 9.17) is 0 Å². The van der Waals surface area contributed by atoms with E-state index in [-0.39, 0.29) is 0 Å². The zero-order valence-corrected chi connectivity index (χ0v) is 14.9. The van der Waals surface area contributed by atoms with Crippen molar-refractivity contribution in [3.63, 3.8) is 0 Å². The SMILES string of the molecule is CCCCC(CC)CNS(=O)(=O)c1ccc(CNCC)s1. The van der Waals surface area contributed by atoms with Gasteiger partial charge in [0.1, 0.15) is 4.21 Å². The molecule has 4 nitrogen and oxygen atoms in total. The molecule has 21 heavy (non-hydrogen) atoms. The third kappa shape index (κ3) is 6.46. The summed E-state index contributed by atoms with van der Waals surface area (Å²) in [6.07, 6.45) is 4.41. The van der Waals surface area contributed by atoms with E-state index in [0.29, 0.717) is 16.7 Å². The lowest BCUT2D eigenvalue weighted by Crippen LogP contribution is -2.28. The first kappa shape index (κ1) is 18.6. The number of hydrogen-bond acceptors (Lipinski definition) is 4. The van der Waals surface area contributed by atoms with Crippen molar-refractivity contribution in [2.24, 2.45) is 5.92 Å². The van der Waals surface area contributed by atoms with Gasteiger partial charge in [-0.15, -0.1) is 11.3 Å². The molecule has 0 aromatic carbocycles. The maximum atomic E-state index is 12.3. The second-order valence-electron chi connectivity index (χ2n) is 5.27. The van der Waals surface area contributed by atoms with Gasteiger partial charge in [0.05, 0.1) is 0 Å². The molecule has 0 amide bonds. The Bertz CT molecular complexity index is 498. The Hall–Kier alpha value is -0.430. The standard InChI is InChI=1S/C15H28N2O2S2/c1-4-7-8-13(5-2)11-17-21(18,19)15-10-9-14(20-15)12-16-6-3/h9-10,13,16-17H,4-8,11-12H2,1-3H3. The lowest BCUT2D eigenvalue weighted by Gasteiger charge is -2.14. The predicted molar refractivity (Wildman–Crippen MR) is 90.2 cm³/mol. The average Bonchev–Trinajstić information content (AvgIpc) is 2.95. The van der Waals surface area contributed by atoms with Crippen LogP contribution in [0.1, 0.15) is 51.3 Å². The fourth-order valence-corrected chi connectivity index (χ4v) is 4.57. The number of rotatable bonds is 11. The van der Waals surface area contributed by atoms with Crippen LogP contribution in [0.25, 0.3) is 0 Å². The Morgan fingerprint density at radius 2 is 2.00 bits per heavy atom. The molecule has 2 N–H and O–H groups in total. The van der Waals surface area contributed by atoms with Crippen LogP contribution >= 0.6 is 11.3 Å². The minimum absolute atomic E-state index is 0.417. The molecule has 1 heterocycles. The van der Waals surface area contributed by atoms with Gasteiger partial charge in [-0.05, 0) is 31.0 Å². The highest BCUT2D eigenvalue weighted by Gasteiger charge is 2.18.